The quantitative estimate of drug-likeness (QED) is 0.389. The van der Waals surface area contributed by atoms with Gasteiger partial charge in [0.25, 0.3) is 10.0 Å². The molecule has 11 heteroatoms. The van der Waals surface area contributed by atoms with Gasteiger partial charge in [-0.1, -0.05) is 32.0 Å². The number of pyridine rings is 1. The molecule has 2 aliphatic carbocycles. The van der Waals surface area contributed by atoms with Crippen molar-refractivity contribution in [3.63, 3.8) is 0 Å². The van der Waals surface area contributed by atoms with Crippen molar-refractivity contribution in [3.05, 3.63) is 58.4 Å². The Kier molecular flexibility index (Phi) is 5.42. The highest BCUT2D eigenvalue weighted by Crippen LogP contribution is 2.57. The van der Waals surface area contributed by atoms with Crippen molar-refractivity contribution in [2.45, 2.75) is 56.1 Å². The Labute approximate surface area is 215 Å². The number of aromatic nitrogens is 2. The van der Waals surface area contributed by atoms with E-state index in [4.69, 9.17) is 15.2 Å². The van der Waals surface area contributed by atoms with E-state index in [0.29, 0.717) is 30.7 Å². The number of nitrogens with two attached hydrogens (primary N) is 1. The van der Waals surface area contributed by atoms with Gasteiger partial charge < -0.3 is 15.2 Å². The molecule has 1 aliphatic heterocycles. The average molecular weight is 527 g/mol. The summed E-state index contributed by atoms with van der Waals surface area (Å²) < 4.78 is 41.5. The molecule has 1 saturated heterocycles. The van der Waals surface area contributed by atoms with Gasteiger partial charge in [0.15, 0.2) is 11.4 Å². The molecule has 3 heterocycles. The number of nitrogens with zero attached hydrogens (tertiary/aromatic N) is 3. The largest absolute Gasteiger partial charge is 0.393 e. The number of fused-ring (bicyclic) bond motifs is 2. The Hall–Kier alpha value is -3.02. The third-order valence-electron chi connectivity index (χ3n) is 8.17. The minimum absolute atomic E-state index is 0.00619. The molecule has 0 radical (unpaired) electrons. The third-order valence-corrected chi connectivity index (χ3v) is 9.90. The maximum Gasteiger partial charge on any atom is 0.311 e. The maximum absolute atomic E-state index is 13.9. The zero-order chi connectivity index (χ0) is 26.2. The van der Waals surface area contributed by atoms with E-state index in [0.717, 1.165) is 31.9 Å². The van der Waals surface area contributed by atoms with Crippen LogP contribution in [0.1, 0.15) is 51.1 Å². The number of rotatable bonds is 4. The monoisotopic (exact) mass is 526 g/mol. The highest BCUT2D eigenvalue weighted by atomic mass is 32.2. The lowest BCUT2D eigenvalue weighted by molar-refractivity contribution is -0.384. The SMILES string of the molecule is CC1(C)COC2(C[C@H]3CC(c4cc5c(N)c([N+](=O)[O-])cnc5n4S(=O)(=O)c4ccccc4)C[C@H]3C2)OC1. The second-order valence-electron chi connectivity index (χ2n) is 11.5. The van der Waals surface area contributed by atoms with E-state index in [-0.39, 0.29) is 38.6 Å². The van der Waals surface area contributed by atoms with Crippen molar-refractivity contribution < 1.29 is 22.8 Å². The molecule has 3 aliphatic rings. The summed E-state index contributed by atoms with van der Waals surface area (Å²) in [6.45, 7) is 5.57. The molecular formula is C26H30N4O6S. The van der Waals surface area contributed by atoms with Gasteiger partial charge in [0.05, 0.1) is 28.4 Å². The van der Waals surface area contributed by atoms with Crippen molar-refractivity contribution in [2.24, 2.45) is 17.3 Å². The fraction of sp³-hybridized carbons (Fsp3) is 0.500. The van der Waals surface area contributed by atoms with E-state index in [1.165, 1.54) is 16.1 Å². The molecule has 2 aromatic heterocycles. The summed E-state index contributed by atoms with van der Waals surface area (Å²) >= 11 is 0. The van der Waals surface area contributed by atoms with Gasteiger partial charge >= 0.3 is 5.69 Å². The van der Waals surface area contributed by atoms with Crippen LogP contribution in [0.4, 0.5) is 11.4 Å². The number of benzene rings is 1. The van der Waals surface area contributed by atoms with Crippen LogP contribution >= 0.6 is 0 Å². The minimum atomic E-state index is -4.02. The zero-order valence-corrected chi connectivity index (χ0v) is 21.6. The molecular weight excluding hydrogens is 496 g/mol. The van der Waals surface area contributed by atoms with Crippen LogP contribution < -0.4 is 5.73 Å². The summed E-state index contributed by atoms with van der Waals surface area (Å²) in [6, 6.07) is 9.82. The van der Waals surface area contributed by atoms with Crippen LogP contribution in [0.5, 0.6) is 0 Å². The van der Waals surface area contributed by atoms with Gasteiger partial charge in [-0.25, -0.2) is 17.4 Å². The number of nitrogen functional groups attached to an aromatic ring is 1. The van der Waals surface area contributed by atoms with Gasteiger partial charge in [0.1, 0.15) is 11.9 Å². The Bertz CT molecular complexity index is 1470. The fourth-order valence-electron chi connectivity index (χ4n) is 6.34. The zero-order valence-electron chi connectivity index (χ0n) is 20.8. The van der Waals surface area contributed by atoms with Crippen LogP contribution in [0.2, 0.25) is 0 Å². The summed E-state index contributed by atoms with van der Waals surface area (Å²) in [5.74, 6) is 0.0395. The summed E-state index contributed by atoms with van der Waals surface area (Å²) in [7, 11) is -4.02. The van der Waals surface area contributed by atoms with Gasteiger partial charge in [-0.2, -0.15) is 0 Å². The maximum atomic E-state index is 13.9. The Morgan fingerprint density at radius 2 is 1.73 bits per heavy atom. The van der Waals surface area contributed by atoms with Gasteiger partial charge in [-0.15, -0.1) is 0 Å². The molecule has 1 spiro atoms. The summed E-state index contributed by atoms with van der Waals surface area (Å²) in [5.41, 5.74) is 6.41. The standard InChI is InChI=1S/C26H30N4O6S/c1-25(2)14-35-26(36-15-25)11-17-8-16(9-18(17)12-26)21-10-20-23(27)22(30(31)32)13-28-24(20)29(21)37(33,34)19-6-4-3-5-7-19/h3-7,10,13,16-18H,8-9,11-12,14-15H2,1-2H3,(H2,27,28)/t16?,17-,18+. The van der Waals surface area contributed by atoms with Crippen LogP contribution in [0, 0.1) is 27.4 Å². The molecule has 3 atom stereocenters. The second kappa shape index (κ2) is 8.24. The van der Waals surface area contributed by atoms with Crippen LogP contribution in [0.15, 0.2) is 47.5 Å². The molecule has 196 valence electrons. The molecule has 0 bridgehead atoms. The first-order valence-corrected chi connectivity index (χ1v) is 14.0. The predicted octanol–water partition coefficient (Wildman–Crippen LogP) is 4.44. The Morgan fingerprint density at radius 1 is 1.11 bits per heavy atom. The van der Waals surface area contributed by atoms with Crippen LogP contribution in [-0.4, -0.2) is 41.3 Å². The van der Waals surface area contributed by atoms with Crippen molar-refractivity contribution in [1.29, 1.82) is 0 Å². The highest BCUT2D eigenvalue weighted by Gasteiger charge is 2.54. The summed E-state index contributed by atoms with van der Waals surface area (Å²) in [6.07, 6.45) is 4.13. The summed E-state index contributed by atoms with van der Waals surface area (Å²) in [5, 5.41) is 11.8. The first-order chi connectivity index (χ1) is 17.5. The topological polar surface area (TPSA) is 140 Å². The average Bonchev–Trinajstić information content (AvgIpc) is 3.52. The first-order valence-electron chi connectivity index (χ1n) is 12.5. The molecule has 6 rings (SSSR count). The lowest BCUT2D eigenvalue weighted by atomic mass is 9.93. The first kappa shape index (κ1) is 24.3. The molecule has 2 saturated carbocycles. The van der Waals surface area contributed by atoms with Gasteiger partial charge in [0, 0.05) is 29.9 Å². The number of nitro groups is 1. The Balaban J connectivity index is 1.39. The molecule has 1 aromatic carbocycles. The minimum Gasteiger partial charge on any atom is -0.393 e. The smallest absolute Gasteiger partial charge is 0.311 e. The van der Waals surface area contributed by atoms with E-state index in [1.807, 2.05) is 0 Å². The molecule has 3 fully saturated rings. The fourth-order valence-corrected chi connectivity index (χ4v) is 7.91. The molecule has 37 heavy (non-hydrogen) atoms. The van der Waals surface area contributed by atoms with Crippen molar-refractivity contribution in [1.82, 2.24) is 8.96 Å². The van der Waals surface area contributed by atoms with E-state index in [1.54, 1.807) is 24.3 Å². The van der Waals surface area contributed by atoms with Crippen LogP contribution in [0.3, 0.4) is 0 Å². The number of ether oxygens (including phenoxy) is 2. The van der Waals surface area contributed by atoms with Crippen LogP contribution in [-0.2, 0) is 19.5 Å². The second-order valence-corrected chi connectivity index (χ2v) is 13.2. The molecule has 3 aromatic rings. The lowest BCUT2D eigenvalue weighted by Crippen LogP contribution is -2.46. The molecule has 10 nitrogen and oxygen atoms in total. The van der Waals surface area contributed by atoms with Crippen molar-refractivity contribution in [3.8, 4) is 0 Å². The third kappa shape index (κ3) is 3.91. The van der Waals surface area contributed by atoms with E-state index in [2.05, 4.69) is 18.8 Å². The van der Waals surface area contributed by atoms with E-state index < -0.39 is 20.7 Å². The van der Waals surface area contributed by atoms with Crippen molar-refractivity contribution in [2.75, 3.05) is 18.9 Å². The summed E-state index contributed by atoms with van der Waals surface area (Å²) in [4.78, 5) is 15.2. The lowest BCUT2D eigenvalue weighted by Gasteiger charge is -2.42. The number of hydrogen-bond donors (Lipinski definition) is 1. The highest BCUT2D eigenvalue weighted by molar-refractivity contribution is 7.90. The van der Waals surface area contributed by atoms with Crippen molar-refractivity contribution >= 4 is 32.4 Å². The van der Waals surface area contributed by atoms with Gasteiger partial charge in [0.2, 0.25) is 0 Å². The number of hydrogen-bond acceptors (Lipinski definition) is 8. The van der Waals surface area contributed by atoms with Crippen LogP contribution in [0.25, 0.3) is 11.0 Å². The molecule has 1 unspecified atom stereocenters. The van der Waals surface area contributed by atoms with E-state index in [9.17, 15) is 18.5 Å². The number of anilines is 1. The van der Waals surface area contributed by atoms with E-state index >= 15 is 0 Å². The Morgan fingerprint density at radius 3 is 2.32 bits per heavy atom. The van der Waals surface area contributed by atoms with Gasteiger partial charge in [-0.3, -0.25) is 10.1 Å². The molecule has 2 N–H and O–H groups in total. The normalized spacial score (nSPS) is 26.5. The predicted molar refractivity (Wildman–Crippen MR) is 136 cm³/mol. The van der Waals surface area contributed by atoms with Gasteiger partial charge in [-0.05, 0) is 42.9 Å². The molecule has 0 amide bonds.